The lowest BCUT2D eigenvalue weighted by Gasteiger charge is -2.15. The molecule has 1 atom stereocenters. The number of benzene rings is 2. The Morgan fingerprint density at radius 2 is 1.88 bits per heavy atom. The maximum absolute atomic E-state index is 12.7. The van der Waals surface area contributed by atoms with E-state index in [0.717, 1.165) is 18.2 Å². The normalized spacial score (nSPS) is 12.3. The molecule has 0 fully saturated rings. The first kappa shape index (κ1) is 19.6. The smallest absolute Gasteiger partial charge is 0.416 e. The molecule has 0 aromatic heterocycles. The third kappa shape index (κ3) is 4.89. The summed E-state index contributed by atoms with van der Waals surface area (Å²) in [5.74, 6) is -1.60. The summed E-state index contributed by atoms with van der Waals surface area (Å²) in [6.45, 7) is 1.29. The molecule has 0 aliphatic rings. The van der Waals surface area contributed by atoms with Gasteiger partial charge in [0.05, 0.1) is 21.8 Å². The van der Waals surface area contributed by atoms with E-state index in [1.165, 1.54) is 31.2 Å². The molecule has 0 saturated heterocycles. The lowest BCUT2D eigenvalue weighted by molar-refractivity contribution is -0.137. The maximum Gasteiger partial charge on any atom is 0.416 e. The van der Waals surface area contributed by atoms with Crippen LogP contribution in [0, 0.1) is 0 Å². The van der Waals surface area contributed by atoms with Gasteiger partial charge < -0.3 is 15.8 Å². The fourth-order valence-corrected chi connectivity index (χ4v) is 2.09. The molecular weight excluding hydrogens is 373 g/mol. The number of halogens is 4. The number of anilines is 2. The summed E-state index contributed by atoms with van der Waals surface area (Å²) < 4.78 is 43.0. The number of nitrogen functional groups attached to an aromatic ring is 1. The highest BCUT2D eigenvalue weighted by Gasteiger charge is 2.30. The number of hydrogen-bond acceptors (Lipinski definition) is 4. The number of ether oxygens (including phenoxy) is 1. The Labute approximate surface area is 151 Å². The molecule has 0 heterocycles. The number of alkyl halides is 3. The number of nitrogens with one attached hydrogen (secondary N) is 1. The summed E-state index contributed by atoms with van der Waals surface area (Å²) in [7, 11) is 0. The number of carbonyl (C=O) groups excluding carboxylic acids is 2. The first-order valence-corrected chi connectivity index (χ1v) is 7.70. The van der Waals surface area contributed by atoms with Crippen LogP contribution in [0.4, 0.5) is 24.5 Å². The molecule has 0 saturated carbocycles. The molecule has 0 radical (unpaired) electrons. The van der Waals surface area contributed by atoms with Crippen molar-refractivity contribution in [2.75, 3.05) is 11.1 Å². The Morgan fingerprint density at radius 1 is 1.19 bits per heavy atom. The topological polar surface area (TPSA) is 81.4 Å². The van der Waals surface area contributed by atoms with Gasteiger partial charge in [-0.3, -0.25) is 4.79 Å². The van der Waals surface area contributed by atoms with E-state index < -0.39 is 29.7 Å². The molecule has 26 heavy (non-hydrogen) atoms. The quantitative estimate of drug-likeness (QED) is 0.611. The van der Waals surface area contributed by atoms with Gasteiger partial charge >= 0.3 is 12.1 Å². The fourth-order valence-electron chi connectivity index (χ4n) is 1.97. The average Bonchev–Trinajstić information content (AvgIpc) is 2.56. The SMILES string of the molecule is C[C@@H](OC(=O)c1ccc(Cl)c(N)c1)C(=O)Nc1cccc(C(F)(F)F)c1. The van der Waals surface area contributed by atoms with Crippen molar-refractivity contribution in [3.63, 3.8) is 0 Å². The molecule has 3 N–H and O–H groups in total. The van der Waals surface area contributed by atoms with Crippen molar-refractivity contribution in [1.82, 2.24) is 0 Å². The predicted octanol–water partition coefficient (Wildman–Crippen LogP) is 4.13. The first-order chi connectivity index (χ1) is 12.1. The highest BCUT2D eigenvalue weighted by Crippen LogP contribution is 2.30. The minimum atomic E-state index is -4.53. The second kappa shape index (κ2) is 7.65. The summed E-state index contributed by atoms with van der Waals surface area (Å²) in [6.07, 6.45) is -5.78. The molecule has 0 spiro atoms. The molecule has 0 unspecified atom stereocenters. The lowest BCUT2D eigenvalue weighted by Crippen LogP contribution is -2.30. The van der Waals surface area contributed by atoms with Crippen LogP contribution in [0.1, 0.15) is 22.8 Å². The van der Waals surface area contributed by atoms with Crippen LogP contribution in [0.5, 0.6) is 0 Å². The van der Waals surface area contributed by atoms with Gasteiger partial charge in [0.1, 0.15) is 0 Å². The van der Waals surface area contributed by atoms with E-state index in [1.54, 1.807) is 0 Å². The van der Waals surface area contributed by atoms with Gasteiger partial charge in [-0.25, -0.2) is 4.79 Å². The first-order valence-electron chi connectivity index (χ1n) is 7.32. The Balaban J connectivity index is 2.03. The number of esters is 1. The van der Waals surface area contributed by atoms with Crippen LogP contribution < -0.4 is 11.1 Å². The number of carbonyl (C=O) groups is 2. The molecule has 0 bridgehead atoms. The molecule has 1 amide bonds. The lowest BCUT2D eigenvalue weighted by atomic mass is 10.2. The molecule has 0 aliphatic carbocycles. The minimum absolute atomic E-state index is 0.0662. The van der Waals surface area contributed by atoms with Crippen LogP contribution in [0.15, 0.2) is 42.5 Å². The van der Waals surface area contributed by atoms with Crippen LogP contribution in [0.3, 0.4) is 0 Å². The maximum atomic E-state index is 12.7. The minimum Gasteiger partial charge on any atom is -0.449 e. The van der Waals surface area contributed by atoms with E-state index in [0.29, 0.717) is 0 Å². The number of nitrogens with two attached hydrogens (primary N) is 1. The molecular formula is C17H14ClF3N2O3. The predicted molar refractivity (Wildman–Crippen MR) is 90.8 cm³/mol. The van der Waals surface area contributed by atoms with Crippen molar-refractivity contribution in [1.29, 1.82) is 0 Å². The van der Waals surface area contributed by atoms with Crippen LogP contribution in [0.25, 0.3) is 0 Å². The summed E-state index contributed by atoms with van der Waals surface area (Å²) in [5, 5.41) is 2.53. The van der Waals surface area contributed by atoms with Crippen molar-refractivity contribution >= 4 is 34.9 Å². The zero-order chi connectivity index (χ0) is 19.5. The van der Waals surface area contributed by atoms with Gasteiger partial charge in [-0.1, -0.05) is 17.7 Å². The Kier molecular flexibility index (Phi) is 5.76. The van der Waals surface area contributed by atoms with Gasteiger partial charge in [0.15, 0.2) is 6.10 Å². The molecule has 2 rings (SSSR count). The largest absolute Gasteiger partial charge is 0.449 e. The molecule has 138 valence electrons. The van der Waals surface area contributed by atoms with Gasteiger partial charge in [-0.15, -0.1) is 0 Å². The van der Waals surface area contributed by atoms with Crippen molar-refractivity contribution in [3.05, 3.63) is 58.6 Å². The number of hydrogen-bond donors (Lipinski definition) is 2. The fraction of sp³-hybridized carbons (Fsp3) is 0.176. The summed E-state index contributed by atoms with van der Waals surface area (Å²) in [6, 6.07) is 8.19. The second-order valence-corrected chi connectivity index (χ2v) is 5.76. The van der Waals surface area contributed by atoms with Crippen LogP contribution in [-0.2, 0) is 15.7 Å². The summed E-state index contributed by atoms with van der Waals surface area (Å²) in [5.41, 5.74) is 4.87. The van der Waals surface area contributed by atoms with E-state index in [1.807, 2.05) is 0 Å². The molecule has 2 aromatic rings. The van der Waals surface area contributed by atoms with Gasteiger partial charge in [0.25, 0.3) is 5.91 Å². The van der Waals surface area contributed by atoms with E-state index >= 15 is 0 Å². The van der Waals surface area contributed by atoms with E-state index in [2.05, 4.69) is 5.32 Å². The van der Waals surface area contributed by atoms with Gasteiger partial charge in [0, 0.05) is 5.69 Å². The van der Waals surface area contributed by atoms with E-state index in [-0.39, 0.29) is 22.0 Å². The molecule has 2 aromatic carbocycles. The van der Waals surface area contributed by atoms with Crippen molar-refractivity contribution in [2.45, 2.75) is 19.2 Å². The highest BCUT2D eigenvalue weighted by atomic mass is 35.5. The average molecular weight is 387 g/mol. The monoisotopic (exact) mass is 386 g/mol. The van der Waals surface area contributed by atoms with Crippen LogP contribution in [-0.4, -0.2) is 18.0 Å². The van der Waals surface area contributed by atoms with Crippen LogP contribution in [0.2, 0.25) is 5.02 Å². The highest BCUT2D eigenvalue weighted by molar-refractivity contribution is 6.33. The van der Waals surface area contributed by atoms with E-state index in [9.17, 15) is 22.8 Å². The summed E-state index contributed by atoms with van der Waals surface area (Å²) >= 11 is 5.76. The van der Waals surface area contributed by atoms with Crippen molar-refractivity contribution < 1.29 is 27.5 Å². The van der Waals surface area contributed by atoms with Gasteiger partial charge in [-0.2, -0.15) is 13.2 Å². The third-order valence-electron chi connectivity index (χ3n) is 3.34. The van der Waals surface area contributed by atoms with E-state index in [4.69, 9.17) is 22.1 Å². The Morgan fingerprint density at radius 3 is 2.50 bits per heavy atom. The zero-order valence-corrected chi connectivity index (χ0v) is 14.2. The second-order valence-electron chi connectivity index (χ2n) is 5.35. The van der Waals surface area contributed by atoms with Gasteiger partial charge in [0.2, 0.25) is 0 Å². The van der Waals surface area contributed by atoms with Crippen LogP contribution >= 0.6 is 11.6 Å². The van der Waals surface area contributed by atoms with Crippen molar-refractivity contribution in [2.24, 2.45) is 0 Å². The summed E-state index contributed by atoms with van der Waals surface area (Å²) in [4.78, 5) is 24.1. The van der Waals surface area contributed by atoms with Gasteiger partial charge in [-0.05, 0) is 43.3 Å². The standard InChI is InChI=1S/C17H14ClF3N2O3/c1-9(26-16(25)10-5-6-13(18)14(22)7-10)15(24)23-12-4-2-3-11(8-12)17(19,20)21/h2-9H,22H2,1H3,(H,23,24)/t9-/m1/s1. The Hall–Kier alpha value is -2.74. The molecule has 9 heteroatoms. The van der Waals surface area contributed by atoms with Crippen molar-refractivity contribution in [3.8, 4) is 0 Å². The third-order valence-corrected chi connectivity index (χ3v) is 3.69. The zero-order valence-electron chi connectivity index (χ0n) is 13.4. The number of rotatable bonds is 4. The number of amides is 1. The Bertz CT molecular complexity index is 840. The molecule has 5 nitrogen and oxygen atoms in total. The molecule has 0 aliphatic heterocycles.